The maximum absolute atomic E-state index is 13.1. The lowest BCUT2D eigenvalue weighted by Crippen LogP contribution is -2.57. The smallest absolute Gasteiger partial charge is 0.230 e. The molecule has 5 heteroatoms. The Morgan fingerprint density at radius 1 is 1.30 bits per heavy atom. The van der Waals surface area contributed by atoms with Crippen LogP contribution in [0.2, 0.25) is 5.02 Å². The van der Waals surface area contributed by atoms with Gasteiger partial charge in [0.1, 0.15) is 5.75 Å². The van der Waals surface area contributed by atoms with E-state index in [0.29, 0.717) is 22.6 Å². The molecule has 4 saturated carbocycles. The summed E-state index contributed by atoms with van der Waals surface area (Å²) < 4.78 is 5.35. The Labute approximate surface area is 150 Å². The highest BCUT2D eigenvalue weighted by Gasteiger charge is 2.59. The molecule has 1 amide bonds. The fourth-order valence-corrected chi connectivity index (χ4v) is 7.13. The minimum absolute atomic E-state index is 0.164. The summed E-state index contributed by atoms with van der Waals surface area (Å²) in [6, 6.07) is 5.42. The third kappa shape index (κ3) is 2.68. The zero-order valence-corrected chi connectivity index (χ0v) is 15.5. The molecule has 4 aliphatic rings. The van der Waals surface area contributed by atoms with E-state index in [0.717, 1.165) is 24.9 Å². The van der Waals surface area contributed by atoms with Gasteiger partial charge in [0, 0.05) is 10.0 Å². The number of alkyl halides is 1. The van der Waals surface area contributed by atoms with Crippen molar-refractivity contribution >= 4 is 39.1 Å². The summed E-state index contributed by atoms with van der Waals surface area (Å²) in [4.78, 5) is 13.1. The van der Waals surface area contributed by atoms with Crippen molar-refractivity contribution < 1.29 is 9.53 Å². The van der Waals surface area contributed by atoms with Gasteiger partial charge in [0.05, 0.1) is 17.5 Å². The Balaban J connectivity index is 1.56. The first kappa shape index (κ1) is 15.8. The molecule has 0 aromatic heterocycles. The molecule has 0 saturated heterocycles. The van der Waals surface area contributed by atoms with Crippen molar-refractivity contribution in [3.05, 3.63) is 23.2 Å². The third-order valence-corrected chi connectivity index (χ3v) is 7.10. The Morgan fingerprint density at radius 3 is 2.57 bits per heavy atom. The van der Waals surface area contributed by atoms with E-state index in [4.69, 9.17) is 16.3 Å². The summed E-state index contributed by atoms with van der Waals surface area (Å²) in [5.41, 5.74) is 0.542. The van der Waals surface area contributed by atoms with Gasteiger partial charge in [-0.2, -0.15) is 0 Å². The van der Waals surface area contributed by atoms with Gasteiger partial charge in [-0.3, -0.25) is 4.79 Å². The van der Waals surface area contributed by atoms with Crippen LogP contribution in [0.3, 0.4) is 0 Å². The number of ether oxygens (including phenoxy) is 1. The molecule has 2 atom stereocenters. The van der Waals surface area contributed by atoms with Gasteiger partial charge >= 0.3 is 0 Å². The SMILES string of the molecule is COc1ccc(NC(=O)C23C[C@H]4C[C@@H](CC(Br)(C4)C2)C3)cc1Cl. The summed E-state index contributed by atoms with van der Waals surface area (Å²) in [6.45, 7) is 0. The second-order valence-electron chi connectivity index (χ2n) is 7.70. The molecule has 4 bridgehead atoms. The first-order valence-electron chi connectivity index (χ1n) is 8.25. The van der Waals surface area contributed by atoms with Crippen LogP contribution in [0.5, 0.6) is 5.75 Å². The molecule has 1 N–H and O–H groups in total. The summed E-state index contributed by atoms with van der Waals surface area (Å²) in [6.07, 6.45) is 6.79. The molecule has 1 aromatic rings. The summed E-state index contributed by atoms with van der Waals surface area (Å²) in [5, 5.41) is 3.63. The summed E-state index contributed by atoms with van der Waals surface area (Å²) in [5.74, 6) is 2.18. The molecule has 0 radical (unpaired) electrons. The summed E-state index contributed by atoms with van der Waals surface area (Å²) in [7, 11) is 1.59. The lowest BCUT2D eigenvalue weighted by molar-refractivity contribution is -0.138. The number of carbonyl (C=O) groups excluding carboxylic acids is 1. The highest BCUT2D eigenvalue weighted by Crippen LogP contribution is 2.64. The third-order valence-electron chi connectivity index (χ3n) is 5.88. The summed E-state index contributed by atoms with van der Waals surface area (Å²) >= 11 is 10.1. The number of nitrogens with one attached hydrogen (secondary N) is 1. The van der Waals surface area contributed by atoms with E-state index in [1.807, 2.05) is 6.07 Å². The van der Waals surface area contributed by atoms with Crippen LogP contribution < -0.4 is 10.1 Å². The van der Waals surface area contributed by atoms with Gasteiger partial charge in [-0.1, -0.05) is 27.5 Å². The van der Waals surface area contributed by atoms with Gasteiger partial charge in [-0.05, 0) is 68.6 Å². The Bertz CT molecular complexity index is 648. The van der Waals surface area contributed by atoms with Gasteiger partial charge < -0.3 is 10.1 Å². The number of carbonyl (C=O) groups is 1. The van der Waals surface area contributed by atoms with E-state index in [9.17, 15) is 4.79 Å². The number of hydrogen-bond acceptors (Lipinski definition) is 2. The maximum Gasteiger partial charge on any atom is 0.230 e. The van der Waals surface area contributed by atoms with Crippen molar-refractivity contribution in [1.82, 2.24) is 0 Å². The minimum atomic E-state index is -0.208. The van der Waals surface area contributed by atoms with Crippen LogP contribution in [0.1, 0.15) is 38.5 Å². The molecular formula is C18H21BrClNO2. The predicted molar refractivity (Wildman–Crippen MR) is 95.4 cm³/mol. The van der Waals surface area contributed by atoms with E-state index >= 15 is 0 Å². The number of halogens is 2. The second kappa shape index (κ2) is 5.38. The van der Waals surface area contributed by atoms with Crippen LogP contribution in [0.4, 0.5) is 5.69 Å². The van der Waals surface area contributed by atoms with Crippen LogP contribution in [0, 0.1) is 17.3 Å². The number of hydrogen-bond donors (Lipinski definition) is 1. The Morgan fingerprint density at radius 2 is 2.00 bits per heavy atom. The van der Waals surface area contributed by atoms with Crippen LogP contribution in [0.15, 0.2) is 18.2 Å². The molecule has 0 heterocycles. The van der Waals surface area contributed by atoms with E-state index < -0.39 is 0 Å². The van der Waals surface area contributed by atoms with Crippen LogP contribution in [0.25, 0.3) is 0 Å². The monoisotopic (exact) mass is 397 g/mol. The van der Waals surface area contributed by atoms with Gasteiger partial charge in [0.25, 0.3) is 0 Å². The number of rotatable bonds is 3. The Kier molecular flexibility index (Phi) is 3.69. The van der Waals surface area contributed by atoms with Gasteiger partial charge in [0.15, 0.2) is 0 Å². The molecule has 3 nitrogen and oxygen atoms in total. The van der Waals surface area contributed by atoms with Crippen LogP contribution in [-0.4, -0.2) is 17.3 Å². The van der Waals surface area contributed by atoms with Crippen LogP contribution >= 0.6 is 27.5 Å². The first-order chi connectivity index (χ1) is 10.9. The topological polar surface area (TPSA) is 38.3 Å². The van der Waals surface area contributed by atoms with Crippen molar-refractivity contribution in [3.63, 3.8) is 0 Å². The van der Waals surface area contributed by atoms with Crippen molar-refractivity contribution in [2.24, 2.45) is 17.3 Å². The number of benzene rings is 1. The minimum Gasteiger partial charge on any atom is -0.495 e. The molecule has 4 aliphatic carbocycles. The van der Waals surface area contributed by atoms with Crippen molar-refractivity contribution in [2.45, 2.75) is 42.8 Å². The quantitative estimate of drug-likeness (QED) is 0.726. The zero-order valence-electron chi connectivity index (χ0n) is 13.2. The largest absolute Gasteiger partial charge is 0.495 e. The molecule has 5 rings (SSSR count). The highest BCUT2D eigenvalue weighted by atomic mass is 79.9. The molecule has 23 heavy (non-hydrogen) atoms. The number of anilines is 1. The normalized spacial score (nSPS) is 37.7. The molecule has 124 valence electrons. The van der Waals surface area contributed by atoms with Crippen molar-refractivity contribution in [1.29, 1.82) is 0 Å². The lowest BCUT2D eigenvalue weighted by atomic mass is 9.49. The highest BCUT2D eigenvalue weighted by molar-refractivity contribution is 9.10. The first-order valence-corrected chi connectivity index (χ1v) is 9.42. The molecule has 4 fully saturated rings. The van der Waals surface area contributed by atoms with Gasteiger partial charge in [0.2, 0.25) is 5.91 Å². The maximum atomic E-state index is 13.1. The van der Waals surface area contributed by atoms with Crippen molar-refractivity contribution in [3.8, 4) is 5.75 Å². The predicted octanol–water partition coefficient (Wildman–Crippen LogP) is 5.02. The van der Waals surface area contributed by atoms with Crippen LogP contribution in [-0.2, 0) is 4.79 Å². The van der Waals surface area contributed by atoms with E-state index in [2.05, 4.69) is 21.2 Å². The molecule has 0 aliphatic heterocycles. The average molecular weight is 399 g/mol. The van der Waals surface area contributed by atoms with Gasteiger partial charge in [-0.15, -0.1) is 0 Å². The van der Waals surface area contributed by atoms with E-state index in [1.165, 1.54) is 19.3 Å². The second-order valence-corrected chi connectivity index (χ2v) is 9.79. The standard InChI is InChI=1S/C18H21BrClNO2/c1-23-15-3-2-13(5-14(15)20)21-16(22)17-6-11-4-12(7-17)9-18(19,8-11)10-17/h2-3,5,11-12H,4,6-10H2,1H3,(H,21,22)/t11-,12-,17?,18?/m1/s1. The fraction of sp³-hybridized carbons (Fsp3) is 0.611. The molecular weight excluding hydrogens is 378 g/mol. The molecule has 1 aromatic carbocycles. The van der Waals surface area contributed by atoms with Crippen molar-refractivity contribution in [2.75, 3.05) is 12.4 Å². The fourth-order valence-electron chi connectivity index (χ4n) is 5.42. The van der Waals surface area contributed by atoms with Gasteiger partial charge in [-0.25, -0.2) is 0 Å². The van der Waals surface area contributed by atoms with E-state index in [1.54, 1.807) is 19.2 Å². The lowest BCUT2D eigenvalue weighted by Gasteiger charge is -2.59. The van der Waals surface area contributed by atoms with E-state index in [-0.39, 0.29) is 15.6 Å². The number of methoxy groups -OCH3 is 1. The molecule has 0 unspecified atom stereocenters. The number of amides is 1. The zero-order chi connectivity index (χ0) is 16.2. The molecule has 0 spiro atoms. The Hall–Kier alpha value is -0.740. The average Bonchev–Trinajstić information content (AvgIpc) is 2.44.